The smallest absolute Gasteiger partial charge is 0.0414 e. The highest BCUT2D eigenvalue weighted by atomic mass is 35.5. The van der Waals surface area contributed by atoms with Gasteiger partial charge in [0.25, 0.3) is 0 Å². The zero-order chi connectivity index (χ0) is 11.5. The van der Waals surface area contributed by atoms with Crippen molar-refractivity contribution in [2.75, 3.05) is 0 Å². The molecule has 0 fully saturated rings. The van der Waals surface area contributed by atoms with Crippen LogP contribution in [0.3, 0.4) is 0 Å². The van der Waals surface area contributed by atoms with Gasteiger partial charge in [0.1, 0.15) is 0 Å². The molecule has 0 nitrogen and oxygen atoms in total. The van der Waals surface area contributed by atoms with Gasteiger partial charge in [0, 0.05) is 5.02 Å². The van der Waals surface area contributed by atoms with Crippen LogP contribution in [0.2, 0.25) is 5.02 Å². The van der Waals surface area contributed by atoms with Gasteiger partial charge in [-0.15, -0.1) is 0 Å². The second-order valence-electron chi connectivity index (χ2n) is 4.03. The van der Waals surface area contributed by atoms with Crippen molar-refractivity contribution in [2.45, 2.75) is 20.3 Å². The van der Waals surface area contributed by atoms with Crippen LogP contribution in [-0.4, -0.2) is 0 Å². The van der Waals surface area contributed by atoms with Crippen molar-refractivity contribution in [3.05, 3.63) is 58.6 Å². The lowest BCUT2D eigenvalue weighted by Crippen LogP contribution is -1.87. The fourth-order valence-electron chi connectivity index (χ4n) is 2.00. The third-order valence-electron chi connectivity index (χ3n) is 2.75. The quantitative estimate of drug-likeness (QED) is 0.690. The van der Waals surface area contributed by atoms with Gasteiger partial charge in [-0.3, -0.25) is 0 Å². The first-order chi connectivity index (χ1) is 7.70. The molecule has 0 spiro atoms. The van der Waals surface area contributed by atoms with E-state index in [9.17, 15) is 0 Å². The molecule has 2 aromatic rings. The summed E-state index contributed by atoms with van der Waals surface area (Å²) in [4.78, 5) is 0. The summed E-state index contributed by atoms with van der Waals surface area (Å²) >= 11 is 6.10. The third kappa shape index (κ3) is 2.28. The molecule has 1 heteroatoms. The van der Waals surface area contributed by atoms with E-state index in [0.717, 1.165) is 11.4 Å². The van der Waals surface area contributed by atoms with Gasteiger partial charge in [-0.2, -0.15) is 0 Å². The van der Waals surface area contributed by atoms with Gasteiger partial charge in [0.15, 0.2) is 0 Å². The predicted molar refractivity (Wildman–Crippen MR) is 71.0 cm³/mol. The number of halogens is 1. The summed E-state index contributed by atoms with van der Waals surface area (Å²) in [6.07, 6.45) is 1.04. The Bertz CT molecular complexity index is 480. The van der Waals surface area contributed by atoms with Crippen LogP contribution in [-0.2, 0) is 6.42 Å². The Morgan fingerprint density at radius 3 is 2.50 bits per heavy atom. The van der Waals surface area contributed by atoms with Crippen molar-refractivity contribution in [3.63, 3.8) is 0 Å². The molecule has 0 N–H and O–H groups in total. The molecule has 16 heavy (non-hydrogen) atoms. The van der Waals surface area contributed by atoms with Crippen molar-refractivity contribution in [1.82, 2.24) is 0 Å². The molecule has 0 bridgehead atoms. The minimum Gasteiger partial charge on any atom is -0.0843 e. The van der Waals surface area contributed by atoms with E-state index >= 15 is 0 Å². The minimum absolute atomic E-state index is 0.806. The Morgan fingerprint density at radius 2 is 1.81 bits per heavy atom. The molecule has 0 radical (unpaired) electrons. The lowest BCUT2D eigenvalue weighted by Gasteiger charge is -2.09. The Kier molecular flexibility index (Phi) is 3.31. The Balaban J connectivity index is 2.58. The van der Waals surface area contributed by atoms with Gasteiger partial charge in [-0.25, -0.2) is 0 Å². The standard InChI is InChI=1S/C15H15Cl/c1-3-12-6-4-5-7-15(12)13-8-11(2)9-14(16)10-13/h4-10H,3H2,1-2H3. The maximum Gasteiger partial charge on any atom is 0.0414 e. The third-order valence-corrected chi connectivity index (χ3v) is 2.97. The second kappa shape index (κ2) is 4.71. The first kappa shape index (κ1) is 11.2. The molecule has 0 heterocycles. The zero-order valence-corrected chi connectivity index (χ0v) is 10.4. The number of rotatable bonds is 2. The van der Waals surface area contributed by atoms with E-state index < -0.39 is 0 Å². The molecule has 0 saturated carbocycles. The second-order valence-corrected chi connectivity index (χ2v) is 4.46. The van der Waals surface area contributed by atoms with Crippen molar-refractivity contribution in [1.29, 1.82) is 0 Å². The number of hydrogen-bond donors (Lipinski definition) is 0. The molecular weight excluding hydrogens is 216 g/mol. The van der Waals surface area contributed by atoms with Gasteiger partial charge in [-0.05, 0) is 47.7 Å². The molecule has 0 aromatic heterocycles. The van der Waals surface area contributed by atoms with E-state index in [1.54, 1.807) is 0 Å². The molecule has 0 aliphatic heterocycles. The number of benzene rings is 2. The van der Waals surface area contributed by atoms with Gasteiger partial charge in [0.05, 0.1) is 0 Å². The van der Waals surface area contributed by atoms with Crippen molar-refractivity contribution >= 4 is 11.6 Å². The molecule has 0 saturated heterocycles. The summed E-state index contributed by atoms with van der Waals surface area (Å²) in [6, 6.07) is 14.7. The summed E-state index contributed by atoms with van der Waals surface area (Å²) in [6.45, 7) is 4.25. The van der Waals surface area contributed by atoms with Crippen LogP contribution in [0.1, 0.15) is 18.1 Å². The maximum absolute atomic E-state index is 6.10. The Hall–Kier alpha value is -1.27. The highest BCUT2D eigenvalue weighted by Crippen LogP contribution is 2.27. The highest BCUT2D eigenvalue weighted by Gasteiger charge is 2.04. The molecule has 0 aliphatic rings. The SMILES string of the molecule is CCc1ccccc1-c1cc(C)cc(Cl)c1. The largest absolute Gasteiger partial charge is 0.0843 e. The summed E-state index contributed by atoms with van der Waals surface area (Å²) < 4.78 is 0. The van der Waals surface area contributed by atoms with Crippen LogP contribution < -0.4 is 0 Å². The van der Waals surface area contributed by atoms with Crippen LogP contribution in [0.15, 0.2) is 42.5 Å². The summed E-state index contributed by atoms with van der Waals surface area (Å²) in [5.41, 5.74) is 5.07. The van der Waals surface area contributed by atoms with Crippen LogP contribution >= 0.6 is 11.6 Å². The van der Waals surface area contributed by atoms with E-state index in [1.807, 2.05) is 12.1 Å². The van der Waals surface area contributed by atoms with E-state index in [4.69, 9.17) is 11.6 Å². The molecular formula is C15H15Cl. The molecule has 2 aromatic carbocycles. The summed E-state index contributed by atoms with van der Waals surface area (Å²) in [7, 11) is 0. The van der Waals surface area contributed by atoms with E-state index in [-0.39, 0.29) is 0 Å². The molecule has 0 amide bonds. The maximum atomic E-state index is 6.10. The van der Waals surface area contributed by atoms with Crippen LogP contribution in [0, 0.1) is 6.92 Å². The fraction of sp³-hybridized carbons (Fsp3) is 0.200. The fourth-order valence-corrected chi connectivity index (χ4v) is 2.29. The minimum atomic E-state index is 0.806. The van der Waals surface area contributed by atoms with Crippen LogP contribution in [0.25, 0.3) is 11.1 Å². The van der Waals surface area contributed by atoms with Gasteiger partial charge in [-0.1, -0.05) is 48.9 Å². The van der Waals surface area contributed by atoms with Gasteiger partial charge >= 0.3 is 0 Å². The van der Waals surface area contributed by atoms with Crippen molar-refractivity contribution in [2.24, 2.45) is 0 Å². The van der Waals surface area contributed by atoms with Gasteiger partial charge in [0.2, 0.25) is 0 Å². The van der Waals surface area contributed by atoms with E-state index in [1.165, 1.54) is 22.3 Å². The first-order valence-corrected chi connectivity index (χ1v) is 5.94. The first-order valence-electron chi connectivity index (χ1n) is 5.56. The molecule has 82 valence electrons. The van der Waals surface area contributed by atoms with Crippen LogP contribution in [0.5, 0.6) is 0 Å². The van der Waals surface area contributed by atoms with E-state index in [2.05, 4.69) is 44.2 Å². The monoisotopic (exact) mass is 230 g/mol. The van der Waals surface area contributed by atoms with E-state index in [0.29, 0.717) is 0 Å². The topological polar surface area (TPSA) is 0 Å². The Labute approximate surface area is 102 Å². The Morgan fingerprint density at radius 1 is 1.06 bits per heavy atom. The molecule has 0 atom stereocenters. The summed E-state index contributed by atoms with van der Waals surface area (Å²) in [5.74, 6) is 0. The lowest BCUT2D eigenvalue weighted by molar-refractivity contribution is 1.14. The molecule has 0 unspecified atom stereocenters. The normalized spacial score (nSPS) is 10.4. The predicted octanol–water partition coefficient (Wildman–Crippen LogP) is 4.88. The number of aryl methyl sites for hydroxylation is 2. The highest BCUT2D eigenvalue weighted by molar-refractivity contribution is 6.31. The molecule has 0 aliphatic carbocycles. The average Bonchev–Trinajstić information content (AvgIpc) is 2.27. The van der Waals surface area contributed by atoms with Crippen molar-refractivity contribution < 1.29 is 0 Å². The van der Waals surface area contributed by atoms with Crippen LogP contribution in [0.4, 0.5) is 0 Å². The number of hydrogen-bond acceptors (Lipinski definition) is 0. The zero-order valence-electron chi connectivity index (χ0n) is 9.63. The molecule has 2 rings (SSSR count). The van der Waals surface area contributed by atoms with Gasteiger partial charge < -0.3 is 0 Å². The lowest BCUT2D eigenvalue weighted by atomic mass is 9.97. The summed E-state index contributed by atoms with van der Waals surface area (Å²) in [5, 5.41) is 0.806. The average molecular weight is 231 g/mol. The van der Waals surface area contributed by atoms with Crippen molar-refractivity contribution in [3.8, 4) is 11.1 Å².